The molecule has 3 rings (SSSR count). The number of nitrogens with one attached hydrogen (secondary N) is 3. The van der Waals surface area contributed by atoms with E-state index < -0.39 is 0 Å². The van der Waals surface area contributed by atoms with Crippen molar-refractivity contribution in [3.63, 3.8) is 0 Å². The number of imidazole rings is 1. The fraction of sp³-hybridized carbons (Fsp3) is 0.667. The van der Waals surface area contributed by atoms with Crippen molar-refractivity contribution < 1.29 is 0 Å². The molecule has 1 unspecified atom stereocenters. The summed E-state index contributed by atoms with van der Waals surface area (Å²) in [7, 11) is 0. The van der Waals surface area contributed by atoms with Crippen LogP contribution < -0.4 is 10.6 Å². The number of hydrogen-bond donors (Lipinski definition) is 3. The third kappa shape index (κ3) is 3.09. The second kappa shape index (κ2) is 5.50. The van der Waals surface area contributed by atoms with Gasteiger partial charge in [0.05, 0.1) is 6.33 Å². The van der Waals surface area contributed by atoms with Crippen molar-refractivity contribution in [2.45, 2.75) is 52.5 Å². The van der Waals surface area contributed by atoms with E-state index in [1.807, 2.05) is 6.92 Å². The minimum absolute atomic E-state index is 0.403. The Hall–Kier alpha value is -1.85. The van der Waals surface area contributed by atoms with Crippen LogP contribution in [0.4, 0.5) is 11.8 Å². The summed E-state index contributed by atoms with van der Waals surface area (Å²) in [4.78, 5) is 16.4. The summed E-state index contributed by atoms with van der Waals surface area (Å²) in [6.07, 6.45) is 6.60. The second-order valence-electron chi connectivity index (χ2n) is 6.63. The largest absolute Gasteiger partial charge is 0.365 e. The highest BCUT2D eigenvalue weighted by Crippen LogP contribution is 2.36. The molecule has 0 amide bonds. The van der Waals surface area contributed by atoms with Gasteiger partial charge in [0.2, 0.25) is 5.95 Å². The van der Waals surface area contributed by atoms with E-state index in [0.29, 0.717) is 23.1 Å². The molecule has 0 bridgehead atoms. The summed E-state index contributed by atoms with van der Waals surface area (Å²) in [6.45, 7) is 7.52. The number of rotatable bonds is 4. The fourth-order valence-electron chi connectivity index (χ4n) is 3.19. The lowest BCUT2D eigenvalue weighted by molar-refractivity contribution is 0.229. The lowest BCUT2D eigenvalue weighted by atomic mass is 9.75. The molecule has 0 aliphatic heterocycles. The van der Waals surface area contributed by atoms with Crippen LogP contribution in [-0.4, -0.2) is 32.5 Å². The van der Waals surface area contributed by atoms with Crippen LogP contribution >= 0.6 is 0 Å². The van der Waals surface area contributed by atoms with Gasteiger partial charge in [0, 0.05) is 12.6 Å². The predicted molar refractivity (Wildman–Crippen MR) is 85.5 cm³/mol. The summed E-state index contributed by atoms with van der Waals surface area (Å²) in [5.74, 6) is 1.49. The van der Waals surface area contributed by atoms with Crippen LogP contribution in [0.25, 0.3) is 11.2 Å². The van der Waals surface area contributed by atoms with Crippen LogP contribution in [0.15, 0.2) is 6.33 Å². The molecule has 21 heavy (non-hydrogen) atoms. The smallest absolute Gasteiger partial charge is 0.226 e. The normalized spacial score (nSPS) is 21.4. The number of anilines is 2. The lowest BCUT2D eigenvalue weighted by Gasteiger charge is -2.35. The first-order chi connectivity index (χ1) is 10.1. The summed E-state index contributed by atoms with van der Waals surface area (Å²) in [5, 5.41) is 6.77. The molecule has 2 heterocycles. The third-order valence-electron chi connectivity index (χ3n) is 4.17. The van der Waals surface area contributed by atoms with Gasteiger partial charge in [0.25, 0.3) is 0 Å². The zero-order valence-electron chi connectivity index (χ0n) is 13.0. The molecule has 2 aromatic rings. The van der Waals surface area contributed by atoms with Crippen molar-refractivity contribution >= 4 is 22.9 Å². The number of fused-ring (bicyclic) bond motifs is 1. The van der Waals surface area contributed by atoms with Gasteiger partial charge in [-0.1, -0.05) is 20.3 Å². The van der Waals surface area contributed by atoms with E-state index in [9.17, 15) is 0 Å². The highest BCUT2D eigenvalue weighted by atomic mass is 15.2. The molecule has 114 valence electrons. The lowest BCUT2D eigenvalue weighted by Crippen LogP contribution is -2.32. The van der Waals surface area contributed by atoms with Crippen molar-refractivity contribution in [1.82, 2.24) is 19.9 Å². The van der Waals surface area contributed by atoms with Crippen molar-refractivity contribution in [2.75, 3.05) is 17.2 Å². The summed E-state index contributed by atoms with van der Waals surface area (Å²) in [5.41, 5.74) is 2.00. The highest BCUT2D eigenvalue weighted by Gasteiger charge is 2.28. The molecule has 1 fully saturated rings. The summed E-state index contributed by atoms with van der Waals surface area (Å²) in [6, 6.07) is 0.463. The fourth-order valence-corrected chi connectivity index (χ4v) is 3.19. The molecule has 0 aromatic carbocycles. The number of aromatic nitrogens is 4. The first kappa shape index (κ1) is 14.1. The van der Waals surface area contributed by atoms with Crippen LogP contribution in [0, 0.1) is 5.41 Å². The van der Waals surface area contributed by atoms with Gasteiger partial charge in [-0.05, 0) is 31.6 Å². The van der Waals surface area contributed by atoms with Gasteiger partial charge in [0.15, 0.2) is 11.5 Å². The topological polar surface area (TPSA) is 78.5 Å². The predicted octanol–water partition coefficient (Wildman–Crippen LogP) is 3.17. The molecule has 0 spiro atoms. The Morgan fingerprint density at radius 1 is 1.38 bits per heavy atom. The Balaban J connectivity index is 1.86. The zero-order valence-corrected chi connectivity index (χ0v) is 13.0. The Labute approximate surface area is 125 Å². The monoisotopic (exact) mass is 288 g/mol. The summed E-state index contributed by atoms with van der Waals surface area (Å²) < 4.78 is 0. The standard InChI is InChI=1S/C15H24N6/c1-4-16-14-20-12-11(17-9-18-12)13(21-14)19-10-6-5-7-15(2,3)8-10/h9-10H,4-8H2,1-3H3,(H3,16,17,18,19,20,21). The second-order valence-corrected chi connectivity index (χ2v) is 6.63. The average Bonchev–Trinajstić information content (AvgIpc) is 2.86. The number of nitrogens with zero attached hydrogens (tertiary/aromatic N) is 3. The van der Waals surface area contributed by atoms with E-state index in [1.165, 1.54) is 25.7 Å². The van der Waals surface area contributed by atoms with Crippen LogP contribution in [0.2, 0.25) is 0 Å². The van der Waals surface area contributed by atoms with E-state index in [1.54, 1.807) is 6.33 Å². The van der Waals surface area contributed by atoms with Gasteiger partial charge in [0.1, 0.15) is 5.52 Å². The Bertz CT molecular complexity index is 618. The molecule has 1 saturated carbocycles. The van der Waals surface area contributed by atoms with Crippen molar-refractivity contribution in [1.29, 1.82) is 0 Å². The number of aromatic amines is 1. The quantitative estimate of drug-likeness (QED) is 0.805. The third-order valence-corrected chi connectivity index (χ3v) is 4.17. The Morgan fingerprint density at radius 2 is 2.24 bits per heavy atom. The molecule has 1 aliphatic rings. The molecule has 1 atom stereocenters. The van der Waals surface area contributed by atoms with E-state index >= 15 is 0 Å². The maximum Gasteiger partial charge on any atom is 0.226 e. The maximum absolute atomic E-state index is 4.60. The SMILES string of the molecule is CCNc1nc(NC2CCCC(C)(C)C2)c2[nH]cnc2n1. The van der Waals surface area contributed by atoms with E-state index in [0.717, 1.165) is 17.9 Å². The van der Waals surface area contributed by atoms with Crippen LogP contribution in [0.5, 0.6) is 0 Å². The Kier molecular flexibility index (Phi) is 3.69. The molecular formula is C15H24N6. The minimum atomic E-state index is 0.403. The van der Waals surface area contributed by atoms with Crippen LogP contribution in [-0.2, 0) is 0 Å². The molecule has 1 aliphatic carbocycles. The van der Waals surface area contributed by atoms with Crippen molar-refractivity contribution in [3.8, 4) is 0 Å². The van der Waals surface area contributed by atoms with Gasteiger partial charge < -0.3 is 15.6 Å². The van der Waals surface area contributed by atoms with Crippen LogP contribution in [0.3, 0.4) is 0 Å². The molecule has 2 aromatic heterocycles. The summed E-state index contributed by atoms with van der Waals surface area (Å²) >= 11 is 0. The van der Waals surface area contributed by atoms with Gasteiger partial charge in [-0.15, -0.1) is 0 Å². The van der Waals surface area contributed by atoms with Crippen molar-refractivity contribution in [2.24, 2.45) is 5.41 Å². The molecule has 0 radical (unpaired) electrons. The van der Waals surface area contributed by atoms with E-state index in [4.69, 9.17) is 0 Å². The first-order valence-corrected chi connectivity index (χ1v) is 7.79. The first-order valence-electron chi connectivity index (χ1n) is 7.79. The zero-order chi connectivity index (χ0) is 14.9. The molecule has 6 nitrogen and oxygen atoms in total. The molecule has 6 heteroatoms. The number of H-pyrrole nitrogens is 1. The molecule has 0 saturated heterocycles. The van der Waals surface area contributed by atoms with E-state index in [-0.39, 0.29) is 0 Å². The van der Waals surface area contributed by atoms with Gasteiger partial charge in [-0.25, -0.2) is 4.98 Å². The highest BCUT2D eigenvalue weighted by molar-refractivity contribution is 5.83. The van der Waals surface area contributed by atoms with Crippen LogP contribution in [0.1, 0.15) is 46.5 Å². The van der Waals surface area contributed by atoms with E-state index in [2.05, 4.69) is 44.4 Å². The molecule has 3 N–H and O–H groups in total. The number of hydrogen-bond acceptors (Lipinski definition) is 5. The van der Waals surface area contributed by atoms with Gasteiger partial charge >= 0.3 is 0 Å². The van der Waals surface area contributed by atoms with Gasteiger partial charge in [-0.2, -0.15) is 9.97 Å². The minimum Gasteiger partial charge on any atom is -0.365 e. The van der Waals surface area contributed by atoms with Gasteiger partial charge in [-0.3, -0.25) is 0 Å². The Morgan fingerprint density at radius 3 is 3.00 bits per heavy atom. The molecular weight excluding hydrogens is 264 g/mol. The van der Waals surface area contributed by atoms with Crippen molar-refractivity contribution in [3.05, 3.63) is 6.33 Å². The average molecular weight is 288 g/mol. The maximum atomic E-state index is 4.60.